The van der Waals surface area contributed by atoms with Crippen molar-refractivity contribution in [2.75, 3.05) is 6.54 Å². The molecule has 0 spiro atoms. The topological polar surface area (TPSA) is 49.4 Å². The summed E-state index contributed by atoms with van der Waals surface area (Å²) < 4.78 is 0. The van der Waals surface area contributed by atoms with Gasteiger partial charge in [-0.05, 0) is 36.5 Å². The van der Waals surface area contributed by atoms with Crippen LogP contribution >= 0.6 is 0 Å². The summed E-state index contributed by atoms with van der Waals surface area (Å²) in [4.78, 5) is 28.6. The van der Waals surface area contributed by atoms with Gasteiger partial charge in [0.05, 0.1) is 0 Å². The number of amides is 2. The third kappa shape index (κ3) is 7.60. The maximum absolute atomic E-state index is 13.5. The van der Waals surface area contributed by atoms with Crippen LogP contribution in [0.5, 0.6) is 0 Å². The van der Waals surface area contributed by atoms with Crippen LogP contribution in [0.4, 0.5) is 0 Å². The van der Waals surface area contributed by atoms with Crippen molar-refractivity contribution in [1.82, 2.24) is 10.2 Å². The van der Waals surface area contributed by atoms with Crippen molar-refractivity contribution in [1.29, 1.82) is 0 Å². The minimum atomic E-state index is -0.565. The van der Waals surface area contributed by atoms with Crippen molar-refractivity contribution in [3.8, 4) is 0 Å². The summed E-state index contributed by atoms with van der Waals surface area (Å²) in [5.41, 5.74) is 4.39. The molecule has 0 aliphatic heterocycles. The van der Waals surface area contributed by atoms with Crippen LogP contribution in [0.25, 0.3) is 0 Å². The lowest BCUT2D eigenvalue weighted by Gasteiger charge is -2.31. The van der Waals surface area contributed by atoms with Gasteiger partial charge >= 0.3 is 0 Å². The van der Waals surface area contributed by atoms with E-state index in [0.29, 0.717) is 32.4 Å². The van der Waals surface area contributed by atoms with E-state index in [9.17, 15) is 9.59 Å². The zero-order chi connectivity index (χ0) is 23.5. The zero-order valence-corrected chi connectivity index (χ0v) is 19.7. The second kappa shape index (κ2) is 12.6. The van der Waals surface area contributed by atoms with Gasteiger partial charge in [-0.3, -0.25) is 9.59 Å². The van der Waals surface area contributed by atoms with Crippen LogP contribution < -0.4 is 5.32 Å². The molecular formula is C29H34N2O2. The van der Waals surface area contributed by atoms with Crippen molar-refractivity contribution in [3.63, 3.8) is 0 Å². The second-order valence-electron chi connectivity index (χ2n) is 8.49. The fraction of sp³-hybridized carbons (Fsp3) is 0.310. The summed E-state index contributed by atoms with van der Waals surface area (Å²) in [6, 6.07) is 27.5. The van der Waals surface area contributed by atoms with Gasteiger partial charge in [0, 0.05) is 25.9 Å². The average molecular weight is 443 g/mol. The molecule has 0 aromatic heterocycles. The Morgan fingerprint density at radius 2 is 1.42 bits per heavy atom. The lowest BCUT2D eigenvalue weighted by molar-refractivity contribution is -0.141. The number of carbonyl (C=O) groups excluding carboxylic acids is 2. The first-order chi connectivity index (χ1) is 16.1. The van der Waals surface area contributed by atoms with Crippen LogP contribution in [-0.4, -0.2) is 29.3 Å². The van der Waals surface area contributed by atoms with Crippen LogP contribution in [0.1, 0.15) is 42.0 Å². The van der Waals surface area contributed by atoms with E-state index in [2.05, 4.69) is 36.5 Å². The quantitative estimate of drug-likeness (QED) is 0.449. The van der Waals surface area contributed by atoms with E-state index in [1.165, 1.54) is 5.56 Å². The molecule has 0 unspecified atom stereocenters. The van der Waals surface area contributed by atoms with Crippen LogP contribution in [-0.2, 0) is 29.0 Å². The Morgan fingerprint density at radius 3 is 2.03 bits per heavy atom. The van der Waals surface area contributed by atoms with Gasteiger partial charge in [-0.2, -0.15) is 0 Å². The van der Waals surface area contributed by atoms with Crippen molar-refractivity contribution in [2.24, 2.45) is 0 Å². The van der Waals surface area contributed by atoms with Crippen LogP contribution in [0.2, 0.25) is 0 Å². The number of hydrogen-bond acceptors (Lipinski definition) is 2. The summed E-state index contributed by atoms with van der Waals surface area (Å²) in [5.74, 6) is -0.104. The normalized spacial score (nSPS) is 11.6. The minimum absolute atomic E-state index is 0.00740. The van der Waals surface area contributed by atoms with Crippen LogP contribution in [0.3, 0.4) is 0 Å². The van der Waals surface area contributed by atoms with Crippen LogP contribution in [0.15, 0.2) is 84.9 Å². The summed E-state index contributed by atoms with van der Waals surface area (Å²) >= 11 is 0. The molecule has 1 N–H and O–H groups in total. The Bertz CT molecular complexity index is 1000. The fourth-order valence-electron chi connectivity index (χ4n) is 3.85. The minimum Gasteiger partial charge on any atom is -0.354 e. The third-order valence-electron chi connectivity index (χ3n) is 5.76. The maximum Gasteiger partial charge on any atom is 0.243 e. The molecule has 4 heteroatoms. The van der Waals surface area contributed by atoms with E-state index in [1.54, 1.807) is 4.90 Å². The molecule has 0 saturated heterocycles. The molecule has 1 atom stereocenters. The average Bonchev–Trinajstić information content (AvgIpc) is 2.85. The molecule has 4 nitrogen and oxygen atoms in total. The molecule has 2 amide bonds. The molecule has 0 fully saturated rings. The van der Waals surface area contributed by atoms with Crippen molar-refractivity contribution in [2.45, 2.75) is 52.1 Å². The van der Waals surface area contributed by atoms with Crippen molar-refractivity contribution >= 4 is 11.8 Å². The Kier molecular flexibility index (Phi) is 9.25. The van der Waals surface area contributed by atoms with E-state index in [4.69, 9.17) is 0 Å². The van der Waals surface area contributed by atoms with Gasteiger partial charge in [-0.25, -0.2) is 0 Å². The molecule has 3 rings (SSSR count). The van der Waals surface area contributed by atoms with E-state index >= 15 is 0 Å². The van der Waals surface area contributed by atoms with Gasteiger partial charge in [0.1, 0.15) is 6.04 Å². The molecule has 0 aliphatic carbocycles. The first-order valence-electron chi connectivity index (χ1n) is 11.8. The van der Waals surface area contributed by atoms with Crippen LogP contribution in [0, 0.1) is 6.92 Å². The lowest BCUT2D eigenvalue weighted by atomic mass is 10.0. The predicted molar refractivity (Wildman–Crippen MR) is 134 cm³/mol. The molecule has 33 heavy (non-hydrogen) atoms. The first kappa shape index (κ1) is 24.2. The fourth-order valence-corrected chi connectivity index (χ4v) is 3.85. The monoisotopic (exact) mass is 442 g/mol. The molecule has 0 saturated carbocycles. The van der Waals surface area contributed by atoms with Gasteiger partial charge in [-0.15, -0.1) is 0 Å². The zero-order valence-electron chi connectivity index (χ0n) is 19.7. The molecule has 0 heterocycles. The van der Waals surface area contributed by atoms with Gasteiger partial charge in [0.25, 0.3) is 0 Å². The molecule has 0 radical (unpaired) electrons. The maximum atomic E-state index is 13.5. The molecule has 0 aliphatic rings. The molecule has 0 bridgehead atoms. The Morgan fingerprint density at radius 1 is 0.818 bits per heavy atom. The highest BCUT2D eigenvalue weighted by Crippen LogP contribution is 2.17. The Balaban J connectivity index is 1.85. The number of aryl methyl sites for hydroxylation is 2. The molecule has 172 valence electrons. The predicted octanol–water partition coefficient (Wildman–Crippen LogP) is 5.09. The summed E-state index contributed by atoms with van der Waals surface area (Å²) in [7, 11) is 0. The molecule has 3 aromatic carbocycles. The smallest absolute Gasteiger partial charge is 0.243 e. The van der Waals surface area contributed by atoms with Gasteiger partial charge in [0.15, 0.2) is 0 Å². The highest BCUT2D eigenvalue weighted by atomic mass is 16.2. The number of nitrogens with one attached hydrogen (secondary N) is 1. The summed E-state index contributed by atoms with van der Waals surface area (Å²) in [6.45, 7) is 5.09. The van der Waals surface area contributed by atoms with Gasteiger partial charge in [0.2, 0.25) is 11.8 Å². The number of rotatable bonds is 11. The summed E-state index contributed by atoms with van der Waals surface area (Å²) in [6.07, 6.45) is 2.35. The highest BCUT2D eigenvalue weighted by molar-refractivity contribution is 5.88. The Hall–Kier alpha value is -3.40. The molecular weight excluding hydrogens is 408 g/mol. The lowest BCUT2D eigenvalue weighted by Crippen LogP contribution is -2.50. The SMILES string of the molecule is CCCNC(=O)[C@H](Cc1ccccc1)N(Cc1ccccc1)C(=O)CCc1ccc(C)cc1. The van der Waals surface area contributed by atoms with E-state index in [1.807, 2.05) is 67.6 Å². The standard InChI is InChI=1S/C29H34N2O2/c1-3-20-30-29(33)27(21-25-10-6-4-7-11-25)31(22-26-12-8-5-9-13-26)28(32)19-18-24-16-14-23(2)15-17-24/h4-17,27H,3,18-22H2,1-2H3,(H,30,33)/t27-/m0/s1. The van der Waals surface area contributed by atoms with Crippen molar-refractivity contribution < 1.29 is 9.59 Å². The largest absolute Gasteiger partial charge is 0.354 e. The van der Waals surface area contributed by atoms with E-state index < -0.39 is 6.04 Å². The van der Waals surface area contributed by atoms with Crippen molar-refractivity contribution in [3.05, 3.63) is 107 Å². The van der Waals surface area contributed by atoms with Gasteiger partial charge < -0.3 is 10.2 Å². The first-order valence-corrected chi connectivity index (χ1v) is 11.8. The Labute approximate surface area is 197 Å². The third-order valence-corrected chi connectivity index (χ3v) is 5.76. The number of hydrogen-bond donors (Lipinski definition) is 1. The van der Waals surface area contributed by atoms with E-state index in [-0.39, 0.29) is 11.8 Å². The number of nitrogens with zero attached hydrogens (tertiary/aromatic N) is 1. The number of carbonyl (C=O) groups is 2. The second-order valence-corrected chi connectivity index (χ2v) is 8.49. The number of benzene rings is 3. The van der Waals surface area contributed by atoms with E-state index in [0.717, 1.165) is 23.1 Å². The molecule has 3 aromatic rings. The van der Waals surface area contributed by atoms with Gasteiger partial charge in [-0.1, -0.05) is 97.4 Å². The summed E-state index contributed by atoms with van der Waals surface area (Å²) in [5, 5.41) is 3.02. The highest BCUT2D eigenvalue weighted by Gasteiger charge is 2.29.